The van der Waals surface area contributed by atoms with Gasteiger partial charge in [0.1, 0.15) is 6.29 Å². The van der Waals surface area contributed by atoms with Gasteiger partial charge >= 0.3 is 0 Å². The van der Waals surface area contributed by atoms with Crippen molar-refractivity contribution in [3.63, 3.8) is 0 Å². The lowest BCUT2D eigenvalue weighted by Gasteiger charge is -2.02. The van der Waals surface area contributed by atoms with Crippen molar-refractivity contribution in [3.8, 4) is 0 Å². The van der Waals surface area contributed by atoms with E-state index in [1.165, 1.54) is 4.88 Å². The summed E-state index contributed by atoms with van der Waals surface area (Å²) in [5, 5.41) is 0. The lowest BCUT2D eigenvalue weighted by atomic mass is 10.1. The van der Waals surface area contributed by atoms with Crippen molar-refractivity contribution in [2.75, 3.05) is 0 Å². The fourth-order valence-corrected chi connectivity index (χ4v) is 2.34. The van der Waals surface area contributed by atoms with Gasteiger partial charge in [0.25, 0.3) is 0 Å². The van der Waals surface area contributed by atoms with Crippen LogP contribution in [0.15, 0.2) is 5.51 Å². The Bertz CT molecular complexity index is 288. The zero-order chi connectivity index (χ0) is 7.90. The van der Waals surface area contributed by atoms with Crippen LogP contribution in [0.2, 0.25) is 0 Å². The van der Waals surface area contributed by atoms with E-state index in [1.54, 1.807) is 11.3 Å². The van der Waals surface area contributed by atoms with Crippen molar-refractivity contribution in [2.45, 2.75) is 25.2 Å². The molecule has 11 heavy (non-hydrogen) atoms. The number of nitrogens with zero attached hydrogens (tertiary/aromatic N) is 1. The van der Waals surface area contributed by atoms with Crippen LogP contribution in [0.1, 0.15) is 23.4 Å². The standard InChI is InChI=1S/C8H9NOS/c1-6-7(11-5-9-6)8(4-10)2-3-8/h4-5H,2-3H2,1H3. The molecule has 0 aromatic carbocycles. The molecule has 0 N–H and O–H groups in total. The molecule has 0 saturated heterocycles. The van der Waals surface area contributed by atoms with Gasteiger partial charge in [0, 0.05) is 4.88 Å². The smallest absolute Gasteiger partial charge is 0.131 e. The van der Waals surface area contributed by atoms with Gasteiger partial charge in [-0.15, -0.1) is 11.3 Å². The second-order valence-corrected chi connectivity index (χ2v) is 3.90. The second kappa shape index (κ2) is 2.14. The SMILES string of the molecule is Cc1ncsc1C1(C=O)CC1. The third kappa shape index (κ3) is 0.913. The molecule has 2 nitrogen and oxygen atoms in total. The van der Waals surface area contributed by atoms with Crippen molar-refractivity contribution in [3.05, 3.63) is 16.1 Å². The molecule has 1 heterocycles. The summed E-state index contributed by atoms with van der Waals surface area (Å²) in [6.45, 7) is 1.97. The van der Waals surface area contributed by atoms with Crippen LogP contribution in [0.4, 0.5) is 0 Å². The van der Waals surface area contributed by atoms with Crippen molar-refractivity contribution in [1.82, 2.24) is 4.98 Å². The summed E-state index contributed by atoms with van der Waals surface area (Å²) >= 11 is 1.60. The number of carbonyl (C=O) groups is 1. The van der Waals surface area contributed by atoms with Gasteiger partial charge in [0.2, 0.25) is 0 Å². The largest absolute Gasteiger partial charge is 0.302 e. The fraction of sp³-hybridized carbons (Fsp3) is 0.500. The summed E-state index contributed by atoms with van der Waals surface area (Å²) in [6.07, 6.45) is 3.10. The molecular formula is C8H9NOS. The first-order chi connectivity index (χ1) is 5.28. The normalized spacial score (nSPS) is 19.7. The van der Waals surface area contributed by atoms with Gasteiger partial charge < -0.3 is 4.79 Å². The van der Waals surface area contributed by atoms with Crippen LogP contribution in [-0.2, 0) is 10.2 Å². The molecule has 0 spiro atoms. The highest BCUT2D eigenvalue weighted by atomic mass is 32.1. The summed E-state index contributed by atoms with van der Waals surface area (Å²) in [5.74, 6) is 0. The maximum Gasteiger partial charge on any atom is 0.131 e. The number of aldehydes is 1. The minimum Gasteiger partial charge on any atom is -0.302 e. The molecule has 1 fully saturated rings. The van der Waals surface area contributed by atoms with Gasteiger partial charge in [0.15, 0.2) is 0 Å². The molecule has 0 atom stereocenters. The average molecular weight is 167 g/mol. The highest BCUT2D eigenvalue weighted by Gasteiger charge is 2.46. The fourth-order valence-electron chi connectivity index (χ4n) is 1.31. The van der Waals surface area contributed by atoms with Crippen LogP contribution in [0.25, 0.3) is 0 Å². The van der Waals surface area contributed by atoms with Crippen LogP contribution >= 0.6 is 11.3 Å². The van der Waals surface area contributed by atoms with Crippen molar-refractivity contribution in [1.29, 1.82) is 0 Å². The van der Waals surface area contributed by atoms with Gasteiger partial charge in [-0.1, -0.05) is 0 Å². The van der Waals surface area contributed by atoms with Gasteiger partial charge in [-0.25, -0.2) is 4.98 Å². The van der Waals surface area contributed by atoms with E-state index in [1.807, 2.05) is 12.4 Å². The molecule has 1 aliphatic rings. The topological polar surface area (TPSA) is 30.0 Å². The zero-order valence-electron chi connectivity index (χ0n) is 6.33. The van der Waals surface area contributed by atoms with E-state index < -0.39 is 0 Å². The van der Waals surface area contributed by atoms with Gasteiger partial charge in [-0.3, -0.25) is 0 Å². The molecule has 3 heteroatoms. The van der Waals surface area contributed by atoms with Gasteiger partial charge in [-0.05, 0) is 19.8 Å². The van der Waals surface area contributed by atoms with E-state index in [9.17, 15) is 4.79 Å². The number of hydrogen-bond acceptors (Lipinski definition) is 3. The highest BCUT2D eigenvalue weighted by Crippen LogP contribution is 2.48. The molecular weight excluding hydrogens is 158 g/mol. The molecule has 1 saturated carbocycles. The van der Waals surface area contributed by atoms with E-state index in [2.05, 4.69) is 4.98 Å². The first-order valence-corrected chi connectivity index (χ1v) is 4.53. The van der Waals surface area contributed by atoms with Crippen LogP contribution in [0.5, 0.6) is 0 Å². The summed E-state index contributed by atoms with van der Waals surface area (Å²) < 4.78 is 0. The lowest BCUT2D eigenvalue weighted by molar-refractivity contribution is -0.109. The molecule has 58 valence electrons. The molecule has 0 unspecified atom stereocenters. The monoisotopic (exact) mass is 167 g/mol. The van der Waals surface area contributed by atoms with Crippen LogP contribution < -0.4 is 0 Å². The molecule has 0 radical (unpaired) electrons. The van der Waals surface area contributed by atoms with Crippen LogP contribution in [0, 0.1) is 6.92 Å². The molecule has 2 rings (SSSR count). The first kappa shape index (κ1) is 6.98. The van der Waals surface area contributed by atoms with Crippen molar-refractivity contribution < 1.29 is 4.79 Å². The van der Waals surface area contributed by atoms with Gasteiger partial charge in [0.05, 0.1) is 16.6 Å². The zero-order valence-corrected chi connectivity index (χ0v) is 7.15. The van der Waals surface area contributed by atoms with E-state index in [4.69, 9.17) is 0 Å². The Hall–Kier alpha value is -0.700. The summed E-state index contributed by atoms with van der Waals surface area (Å²) in [6, 6.07) is 0. The van der Waals surface area contributed by atoms with Crippen molar-refractivity contribution in [2.24, 2.45) is 0 Å². The Labute approximate surface area is 69.3 Å². The number of hydrogen-bond donors (Lipinski definition) is 0. The van der Waals surface area contributed by atoms with Crippen LogP contribution in [0.3, 0.4) is 0 Å². The van der Waals surface area contributed by atoms with Crippen LogP contribution in [-0.4, -0.2) is 11.3 Å². The Morgan fingerprint density at radius 3 is 2.82 bits per heavy atom. The summed E-state index contributed by atoms with van der Waals surface area (Å²) in [7, 11) is 0. The van der Waals surface area contributed by atoms with Gasteiger partial charge in [-0.2, -0.15) is 0 Å². The third-order valence-corrected chi connectivity index (χ3v) is 3.36. The lowest BCUT2D eigenvalue weighted by Crippen LogP contribution is -2.06. The van der Waals surface area contributed by atoms with E-state index in [-0.39, 0.29) is 5.41 Å². The Morgan fingerprint density at radius 2 is 2.45 bits per heavy atom. The number of carbonyl (C=O) groups excluding carboxylic acids is 1. The summed E-state index contributed by atoms with van der Waals surface area (Å²) in [5.41, 5.74) is 2.72. The molecule has 1 aromatic heterocycles. The minimum absolute atomic E-state index is 0.120. The molecule has 1 aromatic rings. The number of thiazole rings is 1. The Morgan fingerprint density at radius 1 is 1.73 bits per heavy atom. The molecule has 0 aliphatic heterocycles. The molecule has 1 aliphatic carbocycles. The predicted octanol–water partition coefficient (Wildman–Crippen LogP) is 1.68. The maximum absolute atomic E-state index is 10.7. The number of rotatable bonds is 2. The van der Waals surface area contributed by atoms with E-state index >= 15 is 0 Å². The van der Waals surface area contributed by atoms with Crippen molar-refractivity contribution >= 4 is 17.6 Å². The highest BCUT2D eigenvalue weighted by molar-refractivity contribution is 7.10. The maximum atomic E-state index is 10.7. The second-order valence-electron chi connectivity index (χ2n) is 3.04. The van der Waals surface area contributed by atoms with E-state index in [0.29, 0.717) is 0 Å². The quantitative estimate of drug-likeness (QED) is 0.627. The molecule has 0 bridgehead atoms. The molecule has 0 amide bonds. The predicted molar refractivity (Wildman–Crippen MR) is 43.8 cm³/mol. The average Bonchev–Trinajstić information content (AvgIpc) is 2.70. The Kier molecular flexibility index (Phi) is 1.36. The number of aryl methyl sites for hydroxylation is 1. The third-order valence-electron chi connectivity index (χ3n) is 2.21. The summed E-state index contributed by atoms with van der Waals surface area (Å²) in [4.78, 5) is 16.0. The van der Waals surface area contributed by atoms with E-state index in [0.717, 1.165) is 24.8 Å². The number of aromatic nitrogens is 1. The Balaban J connectivity index is 2.43. The first-order valence-electron chi connectivity index (χ1n) is 3.65. The minimum atomic E-state index is -0.120.